The fraction of sp³-hybridized carbons (Fsp3) is 0.455. The summed E-state index contributed by atoms with van der Waals surface area (Å²) in [4.78, 5) is 9.83. The maximum Gasteiger partial charge on any atom is 0.290 e. The van der Waals surface area contributed by atoms with Gasteiger partial charge in [-0.2, -0.15) is 4.31 Å². The van der Waals surface area contributed by atoms with E-state index in [4.69, 9.17) is 17.3 Å². The summed E-state index contributed by atoms with van der Waals surface area (Å²) < 4.78 is 26.5. The lowest BCUT2D eigenvalue weighted by Gasteiger charge is -2.23. The van der Waals surface area contributed by atoms with Crippen molar-refractivity contribution in [3.8, 4) is 0 Å². The predicted octanol–water partition coefficient (Wildman–Crippen LogP) is 1.36. The topological polar surface area (TPSA) is 107 Å². The molecule has 1 aromatic carbocycles. The normalized spacial score (nSPS) is 20.2. The molecule has 9 heteroatoms. The van der Waals surface area contributed by atoms with E-state index in [0.29, 0.717) is 19.4 Å². The summed E-state index contributed by atoms with van der Waals surface area (Å²) in [5.74, 6) is 0. The number of nitrogens with two attached hydrogens (primary N) is 1. The molecular formula is C11H14ClN3O4S. The quantitative estimate of drug-likeness (QED) is 0.666. The van der Waals surface area contributed by atoms with E-state index < -0.39 is 25.5 Å². The van der Waals surface area contributed by atoms with Crippen LogP contribution in [-0.2, 0) is 10.0 Å². The van der Waals surface area contributed by atoms with Crippen LogP contribution in [0.1, 0.15) is 12.8 Å². The van der Waals surface area contributed by atoms with Crippen molar-refractivity contribution in [2.24, 2.45) is 5.73 Å². The molecule has 0 bridgehead atoms. The van der Waals surface area contributed by atoms with Gasteiger partial charge >= 0.3 is 0 Å². The lowest BCUT2D eigenvalue weighted by molar-refractivity contribution is -0.387. The number of hydrogen-bond donors (Lipinski definition) is 1. The van der Waals surface area contributed by atoms with E-state index in [0.717, 1.165) is 6.07 Å². The van der Waals surface area contributed by atoms with Crippen LogP contribution in [0.25, 0.3) is 0 Å². The Balaban J connectivity index is 2.58. The second-order valence-corrected chi connectivity index (χ2v) is 6.73. The molecule has 0 radical (unpaired) electrons. The molecule has 1 saturated heterocycles. The highest BCUT2D eigenvalue weighted by molar-refractivity contribution is 7.89. The number of benzene rings is 1. The molecule has 110 valence electrons. The Morgan fingerprint density at radius 3 is 2.80 bits per heavy atom. The van der Waals surface area contributed by atoms with Gasteiger partial charge < -0.3 is 5.73 Å². The first-order valence-corrected chi connectivity index (χ1v) is 7.86. The summed E-state index contributed by atoms with van der Waals surface area (Å²) >= 11 is 5.89. The zero-order chi connectivity index (χ0) is 14.9. The Morgan fingerprint density at radius 2 is 2.20 bits per heavy atom. The molecule has 1 aliphatic rings. The second-order valence-electron chi connectivity index (χ2n) is 4.49. The highest BCUT2D eigenvalue weighted by Gasteiger charge is 2.39. The van der Waals surface area contributed by atoms with E-state index in [-0.39, 0.29) is 17.6 Å². The minimum absolute atomic E-state index is 0.151. The van der Waals surface area contributed by atoms with Crippen molar-refractivity contribution in [1.82, 2.24) is 4.31 Å². The Morgan fingerprint density at radius 1 is 1.50 bits per heavy atom. The minimum Gasteiger partial charge on any atom is -0.329 e. The second kappa shape index (κ2) is 5.65. The highest BCUT2D eigenvalue weighted by atomic mass is 35.5. The third-order valence-electron chi connectivity index (χ3n) is 3.30. The number of rotatable bonds is 4. The molecule has 1 aliphatic heterocycles. The summed E-state index contributed by atoms with van der Waals surface area (Å²) in [5.41, 5.74) is 5.05. The Labute approximate surface area is 121 Å². The molecule has 7 nitrogen and oxygen atoms in total. The SMILES string of the molecule is NCC1CCCN1S(=O)(=O)c1c(Cl)cccc1[N+](=O)[O-]. The van der Waals surface area contributed by atoms with Gasteiger partial charge in [0.2, 0.25) is 0 Å². The van der Waals surface area contributed by atoms with E-state index in [1.54, 1.807) is 0 Å². The minimum atomic E-state index is -4.03. The molecule has 1 atom stereocenters. The van der Waals surface area contributed by atoms with Crippen LogP contribution in [0, 0.1) is 10.1 Å². The molecule has 2 rings (SSSR count). The molecule has 0 aliphatic carbocycles. The lowest BCUT2D eigenvalue weighted by atomic mass is 10.2. The van der Waals surface area contributed by atoms with Crippen molar-refractivity contribution in [2.75, 3.05) is 13.1 Å². The van der Waals surface area contributed by atoms with E-state index in [1.165, 1.54) is 16.4 Å². The lowest BCUT2D eigenvalue weighted by Crippen LogP contribution is -2.40. The summed E-state index contributed by atoms with van der Waals surface area (Å²) in [6.45, 7) is 0.476. The Bertz CT molecular complexity index is 635. The van der Waals surface area contributed by atoms with Crippen LogP contribution < -0.4 is 5.73 Å². The molecule has 1 fully saturated rings. The molecule has 0 amide bonds. The number of halogens is 1. The smallest absolute Gasteiger partial charge is 0.290 e. The monoisotopic (exact) mass is 319 g/mol. The van der Waals surface area contributed by atoms with Gasteiger partial charge in [0, 0.05) is 25.2 Å². The zero-order valence-corrected chi connectivity index (χ0v) is 12.1. The van der Waals surface area contributed by atoms with Crippen LogP contribution in [0.15, 0.2) is 23.1 Å². The number of nitro groups is 1. The van der Waals surface area contributed by atoms with Gasteiger partial charge in [0.15, 0.2) is 4.90 Å². The summed E-state index contributed by atoms with van der Waals surface area (Å²) in [6.07, 6.45) is 1.33. The number of sulfonamides is 1. The first-order chi connectivity index (χ1) is 9.39. The predicted molar refractivity (Wildman–Crippen MR) is 74.1 cm³/mol. The van der Waals surface area contributed by atoms with Crippen LogP contribution in [0.5, 0.6) is 0 Å². The average molecular weight is 320 g/mol. The molecule has 1 unspecified atom stereocenters. The molecule has 1 aromatic rings. The van der Waals surface area contributed by atoms with Gasteiger partial charge in [0.1, 0.15) is 0 Å². The van der Waals surface area contributed by atoms with Crippen LogP contribution in [-0.4, -0.2) is 36.8 Å². The van der Waals surface area contributed by atoms with E-state index in [2.05, 4.69) is 0 Å². The van der Waals surface area contributed by atoms with Gasteiger partial charge in [0.25, 0.3) is 15.7 Å². The summed E-state index contributed by atoms with van der Waals surface area (Å²) in [6, 6.07) is 3.47. The van der Waals surface area contributed by atoms with Gasteiger partial charge in [0.05, 0.1) is 9.95 Å². The van der Waals surface area contributed by atoms with Crippen molar-refractivity contribution in [1.29, 1.82) is 0 Å². The maximum atomic E-state index is 12.6. The molecule has 0 aromatic heterocycles. The largest absolute Gasteiger partial charge is 0.329 e. The van der Waals surface area contributed by atoms with E-state index in [1.807, 2.05) is 0 Å². The number of nitrogens with zero attached hydrogens (tertiary/aromatic N) is 2. The fourth-order valence-electron chi connectivity index (χ4n) is 2.38. The molecule has 20 heavy (non-hydrogen) atoms. The molecule has 2 N–H and O–H groups in total. The number of hydrogen-bond acceptors (Lipinski definition) is 5. The van der Waals surface area contributed by atoms with Gasteiger partial charge in [-0.05, 0) is 18.9 Å². The summed E-state index contributed by atoms with van der Waals surface area (Å²) in [5, 5.41) is 10.9. The third kappa shape index (κ3) is 2.51. The van der Waals surface area contributed by atoms with Crippen molar-refractivity contribution < 1.29 is 13.3 Å². The standard InChI is InChI=1S/C11H14ClN3O4S/c12-9-4-1-5-10(15(16)17)11(9)20(18,19)14-6-2-3-8(14)7-13/h1,4-5,8H,2-3,6-7,13H2. The Hall–Kier alpha value is -1.22. The average Bonchev–Trinajstić information content (AvgIpc) is 2.87. The van der Waals surface area contributed by atoms with Gasteiger partial charge in [-0.25, -0.2) is 8.42 Å². The van der Waals surface area contributed by atoms with Crippen LogP contribution in [0.3, 0.4) is 0 Å². The zero-order valence-electron chi connectivity index (χ0n) is 10.5. The highest BCUT2D eigenvalue weighted by Crippen LogP contribution is 2.35. The fourth-order valence-corrected chi connectivity index (χ4v) is 4.75. The van der Waals surface area contributed by atoms with Gasteiger partial charge in [-0.1, -0.05) is 17.7 Å². The van der Waals surface area contributed by atoms with Crippen molar-refractivity contribution in [3.63, 3.8) is 0 Å². The van der Waals surface area contributed by atoms with Gasteiger partial charge in [-0.3, -0.25) is 10.1 Å². The molecule has 0 saturated carbocycles. The first-order valence-electron chi connectivity index (χ1n) is 6.04. The molecule has 0 spiro atoms. The number of nitro benzene ring substituents is 1. The van der Waals surface area contributed by atoms with Crippen LogP contribution >= 0.6 is 11.6 Å². The molecular weight excluding hydrogens is 306 g/mol. The van der Waals surface area contributed by atoms with Gasteiger partial charge in [-0.15, -0.1) is 0 Å². The molecule has 1 heterocycles. The summed E-state index contributed by atoms with van der Waals surface area (Å²) in [7, 11) is -4.03. The van der Waals surface area contributed by atoms with E-state index in [9.17, 15) is 18.5 Å². The Kier molecular flexibility index (Phi) is 4.28. The van der Waals surface area contributed by atoms with Crippen LogP contribution in [0.2, 0.25) is 5.02 Å². The van der Waals surface area contributed by atoms with Crippen LogP contribution in [0.4, 0.5) is 5.69 Å². The van der Waals surface area contributed by atoms with Crippen molar-refractivity contribution in [3.05, 3.63) is 33.3 Å². The van der Waals surface area contributed by atoms with E-state index >= 15 is 0 Å². The van der Waals surface area contributed by atoms with Crippen molar-refractivity contribution in [2.45, 2.75) is 23.8 Å². The first kappa shape index (κ1) is 15.2. The third-order valence-corrected chi connectivity index (χ3v) is 5.77. The maximum absolute atomic E-state index is 12.6. The van der Waals surface area contributed by atoms with Crippen molar-refractivity contribution >= 4 is 27.3 Å².